The van der Waals surface area contributed by atoms with E-state index in [4.69, 9.17) is 12.2 Å². The number of amides is 1. The van der Waals surface area contributed by atoms with Crippen LogP contribution in [0.2, 0.25) is 0 Å². The van der Waals surface area contributed by atoms with Crippen molar-refractivity contribution in [1.29, 1.82) is 0 Å². The number of hydrogen-bond acceptors (Lipinski definition) is 3. The van der Waals surface area contributed by atoms with Gasteiger partial charge in [-0.3, -0.25) is 9.78 Å². The second kappa shape index (κ2) is 11.7. The van der Waals surface area contributed by atoms with Crippen LogP contribution in [0.1, 0.15) is 53.6 Å². The number of pyridine rings is 1. The fraction of sp³-hybridized carbons (Fsp3) is 0.258. The molecule has 39 heavy (non-hydrogen) atoms. The lowest BCUT2D eigenvalue weighted by Gasteiger charge is -2.28. The Labute approximate surface area is 243 Å². The van der Waals surface area contributed by atoms with Crippen molar-refractivity contribution in [2.24, 2.45) is 0 Å². The summed E-state index contributed by atoms with van der Waals surface area (Å²) in [7, 11) is 0. The van der Waals surface area contributed by atoms with E-state index in [1.165, 1.54) is 0 Å². The summed E-state index contributed by atoms with van der Waals surface area (Å²) in [6.45, 7) is 6.84. The molecule has 0 saturated carbocycles. The summed E-state index contributed by atoms with van der Waals surface area (Å²) >= 11 is 9.58. The van der Waals surface area contributed by atoms with E-state index in [1.807, 2.05) is 60.8 Å². The molecular formula is C31H32BrN5OS. The Hall–Kier alpha value is -3.49. The number of halogens is 1. The van der Waals surface area contributed by atoms with Crippen molar-refractivity contribution >= 4 is 44.9 Å². The number of benzene rings is 2. The molecule has 200 valence electrons. The Morgan fingerprint density at radius 2 is 1.82 bits per heavy atom. The van der Waals surface area contributed by atoms with Crippen LogP contribution in [0.5, 0.6) is 0 Å². The van der Waals surface area contributed by atoms with Crippen LogP contribution >= 0.6 is 28.1 Å². The predicted molar refractivity (Wildman–Crippen MR) is 164 cm³/mol. The van der Waals surface area contributed by atoms with Crippen LogP contribution in [0.3, 0.4) is 0 Å². The van der Waals surface area contributed by atoms with Gasteiger partial charge in [0.05, 0.1) is 23.5 Å². The van der Waals surface area contributed by atoms with Gasteiger partial charge in [-0.25, -0.2) is 0 Å². The van der Waals surface area contributed by atoms with Gasteiger partial charge in [-0.05, 0) is 95.9 Å². The van der Waals surface area contributed by atoms with Gasteiger partial charge in [0.25, 0.3) is 0 Å². The molecule has 4 aromatic rings. The molecule has 3 heterocycles. The highest BCUT2D eigenvalue weighted by molar-refractivity contribution is 9.10. The SMILES string of the molecule is CCc1ccccc1NC(=O)CCN1C(=S)N[C@@H](c2ccccn2)[C@H]1c1cc(C)n(-c2ccccc2Br)c1C. The number of nitrogens with zero attached hydrogens (tertiary/aromatic N) is 3. The number of anilines is 1. The van der Waals surface area contributed by atoms with Crippen molar-refractivity contribution in [2.75, 3.05) is 11.9 Å². The molecule has 1 amide bonds. The third-order valence-electron chi connectivity index (χ3n) is 7.33. The molecule has 0 unspecified atom stereocenters. The molecule has 0 radical (unpaired) electrons. The Bertz CT molecular complexity index is 1500. The zero-order valence-corrected chi connectivity index (χ0v) is 24.7. The molecule has 1 aliphatic rings. The van der Waals surface area contributed by atoms with E-state index in [9.17, 15) is 4.79 Å². The summed E-state index contributed by atoms with van der Waals surface area (Å²) in [6, 6.07) is 24.1. The topological polar surface area (TPSA) is 62.2 Å². The Kier molecular flexibility index (Phi) is 8.14. The van der Waals surface area contributed by atoms with Crippen molar-refractivity contribution in [3.63, 3.8) is 0 Å². The largest absolute Gasteiger partial charge is 0.352 e. The molecule has 1 fully saturated rings. The number of thiocarbonyl (C=S) groups is 1. The lowest BCUT2D eigenvalue weighted by atomic mass is 9.96. The molecular weight excluding hydrogens is 570 g/mol. The summed E-state index contributed by atoms with van der Waals surface area (Å²) in [5, 5.41) is 7.24. The zero-order chi connectivity index (χ0) is 27.5. The van der Waals surface area contributed by atoms with Gasteiger partial charge in [0.2, 0.25) is 5.91 Å². The minimum atomic E-state index is -0.143. The number of carbonyl (C=O) groups is 1. The van der Waals surface area contributed by atoms with Crippen LogP contribution in [0.15, 0.2) is 83.5 Å². The molecule has 0 bridgehead atoms. The van der Waals surface area contributed by atoms with Crippen LogP contribution in [0, 0.1) is 13.8 Å². The molecule has 0 spiro atoms. The smallest absolute Gasteiger partial charge is 0.226 e. The van der Waals surface area contributed by atoms with Crippen LogP contribution in [0.4, 0.5) is 5.69 Å². The molecule has 2 atom stereocenters. The van der Waals surface area contributed by atoms with E-state index < -0.39 is 0 Å². The number of nitrogens with one attached hydrogen (secondary N) is 2. The van der Waals surface area contributed by atoms with Crippen molar-refractivity contribution < 1.29 is 4.79 Å². The maximum absolute atomic E-state index is 13.1. The fourth-order valence-corrected chi connectivity index (χ4v) is 6.25. The first-order valence-electron chi connectivity index (χ1n) is 13.2. The minimum Gasteiger partial charge on any atom is -0.352 e. The Morgan fingerprint density at radius 3 is 2.56 bits per heavy atom. The van der Waals surface area contributed by atoms with E-state index in [-0.39, 0.29) is 18.0 Å². The van der Waals surface area contributed by atoms with Gasteiger partial charge in [0.15, 0.2) is 5.11 Å². The average Bonchev–Trinajstić information content (AvgIpc) is 3.42. The van der Waals surface area contributed by atoms with Crippen molar-refractivity contribution in [3.8, 4) is 5.69 Å². The number of para-hydroxylation sites is 2. The highest BCUT2D eigenvalue weighted by Gasteiger charge is 2.41. The van der Waals surface area contributed by atoms with E-state index in [1.54, 1.807) is 0 Å². The van der Waals surface area contributed by atoms with Gasteiger partial charge in [0.1, 0.15) is 0 Å². The quantitative estimate of drug-likeness (QED) is 0.217. The van der Waals surface area contributed by atoms with Crippen molar-refractivity contribution in [1.82, 2.24) is 19.8 Å². The zero-order valence-electron chi connectivity index (χ0n) is 22.3. The molecule has 2 N–H and O–H groups in total. The first-order valence-corrected chi connectivity index (χ1v) is 14.4. The first-order chi connectivity index (χ1) is 18.9. The van der Waals surface area contributed by atoms with Crippen LogP contribution in [0.25, 0.3) is 5.69 Å². The molecule has 5 rings (SSSR count). The Balaban J connectivity index is 1.47. The molecule has 1 aliphatic heterocycles. The van der Waals surface area contributed by atoms with Crippen LogP contribution < -0.4 is 10.6 Å². The van der Waals surface area contributed by atoms with E-state index in [2.05, 4.69) is 80.0 Å². The number of aromatic nitrogens is 2. The van der Waals surface area contributed by atoms with Gasteiger partial charge in [-0.15, -0.1) is 0 Å². The summed E-state index contributed by atoms with van der Waals surface area (Å²) in [4.78, 5) is 19.9. The maximum atomic E-state index is 13.1. The van der Waals surface area contributed by atoms with E-state index >= 15 is 0 Å². The number of carbonyl (C=O) groups excluding carboxylic acids is 1. The molecule has 2 aromatic carbocycles. The number of aryl methyl sites for hydroxylation is 2. The van der Waals surface area contributed by atoms with Gasteiger partial charge < -0.3 is 20.1 Å². The Morgan fingerprint density at radius 1 is 1.08 bits per heavy atom. The third-order valence-corrected chi connectivity index (χ3v) is 8.36. The van der Waals surface area contributed by atoms with Crippen molar-refractivity contribution in [2.45, 2.75) is 45.7 Å². The summed E-state index contributed by atoms with van der Waals surface area (Å²) in [6.07, 6.45) is 2.98. The van der Waals surface area contributed by atoms with E-state index in [0.717, 1.165) is 50.5 Å². The normalized spacial score (nSPS) is 16.8. The molecule has 0 aliphatic carbocycles. The molecule has 8 heteroatoms. The lowest BCUT2D eigenvalue weighted by Crippen LogP contribution is -2.33. The van der Waals surface area contributed by atoms with Crippen LogP contribution in [-0.4, -0.2) is 32.0 Å². The van der Waals surface area contributed by atoms with Gasteiger partial charge in [-0.1, -0.05) is 43.3 Å². The number of rotatable bonds is 8. The summed E-state index contributed by atoms with van der Waals surface area (Å²) in [5.41, 5.74) is 7.40. The molecule has 1 saturated heterocycles. The third kappa shape index (κ3) is 5.49. The maximum Gasteiger partial charge on any atom is 0.226 e. The van der Waals surface area contributed by atoms with Crippen molar-refractivity contribution in [3.05, 3.63) is 112 Å². The van der Waals surface area contributed by atoms with E-state index in [0.29, 0.717) is 18.1 Å². The molecule has 2 aromatic heterocycles. The number of hydrogen-bond donors (Lipinski definition) is 2. The van der Waals surface area contributed by atoms with Gasteiger partial charge in [-0.2, -0.15) is 0 Å². The average molecular weight is 603 g/mol. The predicted octanol–water partition coefficient (Wildman–Crippen LogP) is 6.82. The monoisotopic (exact) mass is 601 g/mol. The molecule has 6 nitrogen and oxygen atoms in total. The van der Waals surface area contributed by atoms with Gasteiger partial charge in [0, 0.05) is 40.7 Å². The first kappa shape index (κ1) is 27.1. The van der Waals surface area contributed by atoms with Crippen LogP contribution in [-0.2, 0) is 11.2 Å². The second-order valence-corrected chi connectivity index (χ2v) is 11.0. The summed E-state index contributed by atoms with van der Waals surface area (Å²) < 4.78 is 3.30. The van der Waals surface area contributed by atoms with Gasteiger partial charge >= 0.3 is 0 Å². The highest BCUT2D eigenvalue weighted by atomic mass is 79.9. The lowest BCUT2D eigenvalue weighted by molar-refractivity contribution is -0.116. The minimum absolute atomic E-state index is 0.0302. The fourth-order valence-electron chi connectivity index (χ4n) is 5.46. The highest BCUT2D eigenvalue weighted by Crippen LogP contribution is 2.42. The summed E-state index contributed by atoms with van der Waals surface area (Å²) in [5.74, 6) is -0.0302. The standard InChI is InChI=1S/C31H32BrN5OS/c1-4-22-11-5-7-13-25(22)34-28(38)16-18-36-30(29(35-31(36)39)26-14-9-10-17-33-26)23-19-20(2)37(21(23)3)27-15-8-6-12-24(27)32/h5-15,17,19,29-30H,4,16,18H2,1-3H3,(H,34,38)(H,35,39)/t29-,30+/m0/s1. The second-order valence-electron chi connectivity index (χ2n) is 9.74.